The van der Waals surface area contributed by atoms with Gasteiger partial charge in [0.15, 0.2) is 5.79 Å². The van der Waals surface area contributed by atoms with E-state index in [9.17, 15) is 9.90 Å². The van der Waals surface area contributed by atoms with Gasteiger partial charge in [-0.05, 0) is 67.6 Å². The summed E-state index contributed by atoms with van der Waals surface area (Å²) in [6.07, 6.45) is 9.01. The molecule has 0 aromatic heterocycles. The molecule has 8 atom stereocenters. The van der Waals surface area contributed by atoms with Gasteiger partial charge in [-0.1, -0.05) is 25.5 Å². The van der Waals surface area contributed by atoms with Crippen molar-refractivity contribution in [2.45, 2.75) is 90.6 Å². The third-order valence-corrected chi connectivity index (χ3v) is 9.81. The van der Waals surface area contributed by atoms with Crippen molar-refractivity contribution in [3.63, 3.8) is 0 Å². The molecule has 0 aromatic rings. The number of aliphatic hydroxyl groups is 1. The van der Waals surface area contributed by atoms with E-state index in [1.807, 2.05) is 6.92 Å². The Morgan fingerprint density at radius 2 is 1.97 bits per heavy atom. The molecule has 4 aliphatic carbocycles. The van der Waals surface area contributed by atoms with E-state index in [0.717, 1.165) is 38.5 Å². The summed E-state index contributed by atoms with van der Waals surface area (Å²) in [7, 11) is 0. The van der Waals surface area contributed by atoms with Gasteiger partial charge in [-0.2, -0.15) is 0 Å². The number of aliphatic hydroxyl groups excluding tert-OH is 1. The van der Waals surface area contributed by atoms with Crippen LogP contribution in [0.4, 0.5) is 0 Å². The van der Waals surface area contributed by atoms with Crippen molar-refractivity contribution < 1.29 is 24.1 Å². The second-order valence-electron chi connectivity index (χ2n) is 11.2. The Hall–Kier alpha value is -0.910. The molecule has 0 aromatic carbocycles. The van der Waals surface area contributed by atoms with Crippen molar-refractivity contribution in [2.75, 3.05) is 13.2 Å². The van der Waals surface area contributed by atoms with Gasteiger partial charge in [-0.3, -0.25) is 4.79 Å². The highest BCUT2D eigenvalue weighted by Crippen LogP contribution is 2.67. The summed E-state index contributed by atoms with van der Waals surface area (Å²) in [5, 5.41) is 10.5. The molecule has 5 rings (SSSR count). The first-order chi connectivity index (χ1) is 14.2. The zero-order valence-corrected chi connectivity index (χ0v) is 19.0. The number of fused-ring (bicyclic) bond motifs is 5. The van der Waals surface area contributed by atoms with Gasteiger partial charge in [-0.15, -0.1) is 0 Å². The van der Waals surface area contributed by atoms with Gasteiger partial charge in [0.2, 0.25) is 0 Å². The van der Waals surface area contributed by atoms with Gasteiger partial charge in [0.25, 0.3) is 0 Å². The predicted octanol–water partition coefficient (Wildman–Crippen LogP) is 4.23. The molecule has 0 radical (unpaired) electrons. The molecule has 1 heterocycles. The maximum absolute atomic E-state index is 12.1. The highest BCUT2D eigenvalue weighted by Gasteiger charge is 2.64. The molecule has 168 valence electrons. The van der Waals surface area contributed by atoms with Crippen LogP contribution in [0.3, 0.4) is 0 Å². The first-order valence-corrected chi connectivity index (χ1v) is 12.0. The average Bonchev–Trinajstić information content (AvgIpc) is 3.25. The Bertz CT molecular complexity index is 738. The Balaban J connectivity index is 1.52. The number of allylic oxidation sites excluding steroid dienone is 1. The van der Waals surface area contributed by atoms with E-state index in [2.05, 4.69) is 19.9 Å². The number of hydrogen-bond acceptors (Lipinski definition) is 5. The fourth-order valence-electron chi connectivity index (χ4n) is 8.60. The second kappa shape index (κ2) is 7.05. The lowest BCUT2D eigenvalue weighted by molar-refractivity contribution is -0.201. The van der Waals surface area contributed by atoms with Crippen LogP contribution in [0.1, 0.15) is 72.6 Å². The fraction of sp³-hybridized carbons (Fsp3) is 0.880. The van der Waals surface area contributed by atoms with E-state index in [1.54, 1.807) is 6.92 Å². The molecule has 0 bridgehead atoms. The maximum Gasteiger partial charge on any atom is 0.302 e. The summed E-state index contributed by atoms with van der Waals surface area (Å²) in [6.45, 7) is 9.61. The van der Waals surface area contributed by atoms with Gasteiger partial charge in [0.1, 0.15) is 6.10 Å². The van der Waals surface area contributed by atoms with Crippen LogP contribution < -0.4 is 0 Å². The van der Waals surface area contributed by atoms with Crippen LogP contribution in [0.15, 0.2) is 11.6 Å². The molecule has 1 unspecified atom stereocenters. The van der Waals surface area contributed by atoms with Crippen LogP contribution >= 0.6 is 0 Å². The smallest absolute Gasteiger partial charge is 0.302 e. The van der Waals surface area contributed by atoms with E-state index in [-0.39, 0.29) is 34.9 Å². The van der Waals surface area contributed by atoms with Crippen molar-refractivity contribution in [1.29, 1.82) is 0 Å². The first-order valence-electron chi connectivity index (χ1n) is 12.0. The van der Waals surface area contributed by atoms with Gasteiger partial charge < -0.3 is 19.3 Å². The number of ether oxygens (including phenoxy) is 3. The van der Waals surface area contributed by atoms with Crippen molar-refractivity contribution >= 4 is 5.97 Å². The largest absolute Gasteiger partial charge is 0.462 e. The van der Waals surface area contributed by atoms with E-state index >= 15 is 0 Å². The third-order valence-electron chi connectivity index (χ3n) is 9.81. The molecule has 1 aliphatic heterocycles. The first kappa shape index (κ1) is 21.0. The minimum atomic E-state index is -0.428. The molecule has 4 fully saturated rings. The number of carbonyl (C=O) groups excluding carboxylic acids is 1. The summed E-state index contributed by atoms with van der Waals surface area (Å²) < 4.78 is 18.2. The molecule has 1 N–H and O–H groups in total. The summed E-state index contributed by atoms with van der Waals surface area (Å²) >= 11 is 0. The van der Waals surface area contributed by atoms with E-state index < -0.39 is 5.79 Å². The SMILES string of the molecule is CC(=O)O[C@H]1C[C@]2(C)[C@@H](C(C)O)CC[C@H]2[C@@H]2CC=C3CC4(CC[C@]3(C)[C@H]21)OCCO4. The van der Waals surface area contributed by atoms with Gasteiger partial charge in [-0.25, -0.2) is 0 Å². The Kier molecular flexibility index (Phi) is 4.92. The third kappa shape index (κ3) is 2.95. The second-order valence-corrected chi connectivity index (χ2v) is 11.2. The molecular formula is C25H38O5. The summed E-state index contributed by atoms with van der Waals surface area (Å²) in [4.78, 5) is 12.1. The van der Waals surface area contributed by atoms with Crippen molar-refractivity contribution in [2.24, 2.45) is 34.5 Å². The minimum absolute atomic E-state index is 0.0217. The molecule has 3 saturated carbocycles. The van der Waals surface area contributed by atoms with Crippen LogP contribution in [-0.4, -0.2) is 42.3 Å². The number of hydrogen-bond donors (Lipinski definition) is 1. The van der Waals surface area contributed by atoms with Crippen molar-refractivity contribution in [3.05, 3.63) is 11.6 Å². The highest BCUT2D eigenvalue weighted by molar-refractivity contribution is 5.66. The Labute approximate surface area is 180 Å². The van der Waals surface area contributed by atoms with Crippen molar-refractivity contribution in [1.82, 2.24) is 0 Å². The molecule has 5 heteroatoms. The summed E-state index contributed by atoms with van der Waals surface area (Å²) in [6, 6.07) is 0. The topological polar surface area (TPSA) is 65.0 Å². The van der Waals surface area contributed by atoms with Crippen LogP contribution in [0.25, 0.3) is 0 Å². The van der Waals surface area contributed by atoms with E-state index in [4.69, 9.17) is 14.2 Å². The summed E-state index contributed by atoms with van der Waals surface area (Å²) in [5.74, 6) is 1.11. The van der Waals surface area contributed by atoms with Gasteiger partial charge >= 0.3 is 5.97 Å². The minimum Gasteiger partial charge on any atom is -0.462 e. The molecule has 1 saturated heterocycles. The molecular weight excluding hydrogens is 380 g/mol. The molecule has 0 amide bonds. The van der Waals surface area contributed by atoms with Crippen LogP contribution in [-0.2, 0) is 19.0 Å². The zero-order chi connectivity index (χ0) is 21.3. The van der Waals surface area contributed by atoms with E-state index in [0.29, 0.717) is 31.0 Å². The number of rotatable bonds is 2. The number of esters is 1. The molecule has 1 spiro atoms. The monoisotopic (exact) mass is 418 g/mol. The fourth-order valence-corrected chi connectivity index (χ4v) is 8.60. The van der Waals surface area contributed by atoms with Crippen LogP contribution in [0, 0.1) is 34.5 Å². The molecule has 5 nitrogen and oxygen atoms in total. The lowest BCUT2D eigenvalue weighted by atomic mass is 9.46. The lowest BCUT2D eigenvalue weighted by Gasteiger charge is -2.61. The predicted molar refractivity (Wildman–Crippen MR) is 112 cm³/mol. The quantitative estimate of drug-likeness (QED) is 0.537. The van der Waals surface area contributed by atoms with Crippen LogP contribution in [0.5, 0.6) is 0 Å². The average molecular weight is 419 g/mol. The standard InChI is InChI=1S/C25H38O5/c1-15(26)19-7-8-20-18-6-5-17-13-25(28-11-12-29-25)10-9-23(17,3)22(18)21(30-16(2)27)14-24(19,20)4/h5,15,18-22,26H,6-14H2,1-4H3/t15?,18-,19+,20-,21-,22+,23-,24+/m0/s1. The summed E-state index contributed by atoms with van der Waals surface area (Å²) in [5.41, 5.74) is 1.50. The maximum atomic E-state index is 12.1. The Morgan fingerprint density at radius 3 is 2.63 bits per heavy atom. The molecule has 5 aliphatic rings. The zero-order valence-electron chi connectivity index (χ0n) is 19.0. The highest BCUT2D eigenvalue weighted by atomic mass is 16.7. The van der Waals surface area contributed by atoms with Gasteiger partial charge in [0.05, 0.1) is 19.3 Å². The lowest BCUT2D eigenvalue weighted by Crippen LogP contribution is -2.58. The van der Waals surface area contributed by atoms with Crippen molar-refractivity contribution in [3.8, 4) is 0 Å². The van der Waals surface area contributed by atoms with Gasteiger partial charge in [0, 0.05) is 25.7 Å². The molecule has 30 heavy (non-hydrogen) atoms. The van der Waals surface area contributed by atoms with Crippen LogP contribution in [0.2, 0.25) is 0 Å². The normalized spacial score (nSPS) is 47.8. The number of carbonyl (C=O) groups is 1. The Morgan fingerprint density at radius 1 is 1.23 bits per heavy atom. The van der Waals surface area contributed by atoms with E-state index in [1.165, 1.54) is 12.0 Å².